The summed E-state index contributed by atoms with van der Waals surface area (Å²) in [6.07, 6.45) is 6.59. The highest BCUT2D eigenvalue weighted by atomic mass is 16.5. The van der Waals surface area contributed by atoms with Crippen LogP contribution in [-0.2, 0) is 4.79 Å². The fourth-order valence-corrected chi connectivity index (χ4v) is 3.27. The van der Waals surface area contributed by atoms with Gasteiger partial charge in [-0.15, -0.1) is 0 Å². The predicted molar refractivity (Wildman–Crippen MR) is 137 cm³/mol. The monoisotopic (exact) mass is 467 g/mol. The molecule has 176 valence electrons. The number of amides is 2. The normalized spacial score (nSPS) is 11.1. The Balaban J connectivity index is 1.47. The van der Waals surface area contributed by atoms with Crippen LogP contribution in [0, 0.1) is 0 Å². The van der Waals surface area contributed by atoms with Gasteiger partial charge in [-0.3, -0.25) is 14.6 Å². The van der Waals surface area contributed by atoms with Crippen molar-refractivity contribution in [3.05, 3.63) is 96.8 Å². The van der Waals surface area contributed by atoms with Gasteiger partial charge in [0.05, 0.1) is 5.52 Å². The number of benzene rings is 2. The Morgan fingerprint density at radius 2 is 1.77 bits per heavy atom. The Labute approximate surface area is 203 Å². The highest BCUT2D eigenvalue weighted by Crippen LogP contribution is 2.31. The molecular formula is C27H25N5O3. The molecule has 0 unspecified atom stereocenters. The first kappa shape index (κ1) is 23.6. The van der Waals surface area contributed by atoms with Crippen LogP contribution in [0.25, 0.3) is 10.9 Å². The molecule has 0 atom stereocenters. The van der Waals surface area contributed by atoms with Crippen molar-refractivity contribution in [2.45, 2.75) is 0 Å². The minimum absolute atomic E-state index is 0.211. The summed E-state index contributed by atoms with van der Waals surface area (Å²) in [6.45, 7) is 0.677. The lowest BCUT2D eigenvalue weighted by atomic mass is 10.1. The third-order valence-corrected chi connectivity index (χ3v) is 4.96. The standard InChI is InChI=1S/C27H25N5O3/c1-32(2)17-5-7-26(33)30-20-10-13-23-22(18-20)24(14-16-28-23)35-21-11-8-19(9-12-21)27(34)31-25-6-3-4-15-29-25/h3-16,18H,17H2,1-2H3,(H,30,33)(H,29,31,34)/b7-5+. The van der Waals surface area contributed by atoms with Gasteiger partial charge in [0.2, 0.25) is 5.91 Å². The highest BCUT2D eigenvalue weighted by molar-refractivity contribution is 6.04. The fourth-order valence-electron chi connectivity index (χ4n) is 3.27. The summed E-state index contributed by atoms with van der Waals surface area (Å²) in [4.78, 5) is 35.1. The molecule has 0 saturated carbocycles. The molecule has 0 bridgehead atoms. The van der Waals surface area contributed by atoms with Crippen LogP contribution in [0.1, 0.15) is 10.4 Å². The van der Waals surface area contributed by atoms with Crippen LogP contribution < -0.4 is 15.4 Å². The number of likely N-dealkylation sites (N-methyl/N-ethyl adjacent to an activating group) is 1. The molecule has 2 amide bonds. The Hall–Kier alpha value is -4.56. The quantitative estimate of drug-likeness (QED) is 0.364. The number of carbonyl (C=O) groups is 2. The van der Waals surface area contributed by atoms with E-state index in [1.807, 2.05) is 31.1 Å². The molecule has 2 heterocycles. The number of ether oxygens (including phenoxy) is 1. The molecule has 0 aliphatic carbocycles. The number of anilines is 2. The van der Waals surface area contributed by atoms with E-state index in [-0.39, 0.29) is 11.8 Å². The number of hydrogen-bond acceptors (Lipinski definition) is 6. The van der Waals surface area contributed by atoms with Gasteiger partial charge in [0, 0.05) is 41.7 Å². The molecule has 35 heavy (non-hydrogen) atoms. The second-order valence-electron chi connectivity index (χ2n) is 7.99. The summed E-state index contributed by atoms with van der Waals surface area (Å²) in [5, 5.41) is 6.36. The lowest BCUT2D eigenvalue weighted by Crippen LogP contribution is -2.12. The van der Waals surface area contributed by atoms with Gasteiger partial charge in [0.25, 0.3) is 5.91 Å². The SMILES string of the molecule is CN(C)C/C=C/C(=O)Nc1ccc2nccc(Oc3ccc(C(=O)Nc4ccccn4)cc3)c2c1. The van der Waals surface area contributed by atoms with E-state index < -0.39 is 0 Å². The van der Waals surface area contributed by atoms with E-state index in [9.17, 15) is 9.59 Å². The largest absolute Gasteiger partial charge is 0.457 e. The van der Waals surface area contributed by atoms with E-state index in [1.54, 1.807) is 73.1 Å². The summed E-state index contributed by atoms with van der Waals surface area (Å²) in [7, 11) is 3.87. The van der Waals surface area contributed by atoms with Crippen molar-refractivity contribution in [3.8, 4) is 11.5 Å². The van der Waals surface area contributed by atoms with Crippen molar-refractivity contribution < 1.29 is 14.3 Å². The van der Waals surface area contributed by atoms with E-state index in [0.29, 0.717) is 35.1 Å². The number of fused-ring (bicyclic) bond motifs is 1. The van der Waals surface area contributed by atoms with Gasteiger partial charge in [-0.25, -0.2) is 4.98 Å². The lowest BCUT2D eigenvalue weighted by Gasteiger charge is -2.11. The molecule has 0 spiro atoms. The van der Waals surface area contributed by atoms with Crippen molar-refractivity contribution in [2.24, 2.45) is 0 Å². The van der Waals surface area contributed by atoms with Crippen LogP contribution in [0.4, 0.5) is 11.5 Å². The van der Waals surface area contributed by atoms with Crippen molar-refractivity contribution in [1.82, 2.24) is 14.9 Å². The number of nitrogens with one attached hydrogen (secondary N) is 2. The van der Waals surface area contributed by atoms with Gasteiger partial charge < -0.3 is 20.3 Å². The molecule has 0 fully saturated rings. The zero-order valence-corrected chi connectivity index (χ0v) is 19.4. The van der Waals surface area contributed by atoms with Crippen LogP contribution in [0.2, 0.25) is 0 Å². The van der Waals surface area contributed by atoms with E-state index >= 15 is 0 Å². The first-order valence-electron chi connectivity index (χ1n) is 11.0. The molecule has 0 aliphatic rings. The van der Waals surface area contributed by atoms with Gasteiger partial charge in [0.1, 0.15) is 17.3 Å². The molecule has 8 nitrogen and oxygen atoms in total. The van der Waals surface area contributed by atoms with Gasteiger partial charge in [-0.1, -0.05) is 12.1 Å². The molecule has 4 rings (SSSR count). The maximum absolute atomic E-state index is 12.4. The molecule has 2 aromatic heterocycles. The van der Waals surface area contributed by atoms with Gasteiger partial charge in [0.15, 0.2) is 0 Å². The van der Waals surface area contributed by atoms with E-state index in [4.69, 9.17) is 4.74 Å². The minimum Gasteiger partial charge on any atom is -0.457 e. The molecule has 2 N–H and O–H groups in total. The first-order valence-corrected chi connectivity index (χ1v) is 11.0. The smallest absolute Gasteiger partial charge is 0.256 e. The zero-order valence-electron chi connectivity index (χ0n) is 19.4. The molecule has 0 aliphatic heterocycles. The van der Waals surface area contributed by atoms with Crippen LogP contribution in [0.5, 0.6) is 11.5 Å². The molecule has 4 aromatic rings. The molecule has 2 aromatic carbocycles. The fraction of sp³-hybridized carbons (Fsp3) is 0.111. The number of aromatic nitrogens is 2. The highest BCUT2D eigenvalue weighted by Gasteiger charge is 2.10. The van der Waals surface area contributed by atoms with Crippen LogP contribution in [0.3, 0.4) is 0 Å². The Morgan fingerprint density at radius 1 is 0.943 bits per heavy atom. The van der Waals surface area contributed by atoms with Gasteiger partial charge in [-0.05, 0) is 74.8 Å². The predicted octanol–water partition coefficient (Wildman–Crippen LogP) is 4.73. The topological polar surface area (TPSA) is 96.5 Å². The zero-order chi connectivity index (χ0) is 24.6. The minimum atomic E-state index is -0.260. The average Bonchev–Trinajstić information content (AvgIpc) is 2.85. The second-order valence-corrected chi connectivity index (χ2v) is 7.99. The van der Waals surface area contributed by atoms with E-state index in [2.05, 4.69) is 20.6 Å². The Bertz CT molecular complexity index is 1350. The third-order valence-electron chi connectivity index (χ3n) is 4.96. The van der Waals surface area contributed by atoms with Crippen LogP contribution >= 0.6 is 0 Å². The van der Waals surface area contributed by atoms with Gasteiger partial charge in [-0.2, -0.15) is 0 Å². The maximum Gasteiger partial charge on any atom is 0.256 e. The Kier molecular flexibility index (Phi) is 7.44. The van der Waals surface area contributed by atoms with Crippen LogP contribution in [-0.4, -0.2) is 47.3 Å². The number of hydrogen-bond donors (Lipinski definition) is 2. The number of pyridine rings is 2. The van der Waals surface area contributed by atoms with Crippen LogP contribution in [0.15, 0.2) is 91.3 Å². The van der Waals surface area contributed by atoms with Crippen molar-refractivity contribution in [1.29, 1.82) is 0 Å². The number of rotatable bonds is 8. The summed E-state index contributed by atoms with van der Waals surface area (Å²) >= 11 is 0. The first-order chi connectivity index (χ1) is 17.0. The van der Waals surface area contributed by atoms with Crippen molar-refractivity contribution in [3.63, 3.8) is 0 Å². The number of nitrogens with zero attached hydrogens (tertiary/aromatic N) is 3. The summed E-state index contributed by atoms with van der Waals surface area (Å²) in [6, 6.07) is 19.3. The lowest BCUT2D eigenvalue weighted by molar-refractivity contribution is -0.111. The third kappa shape index (κ3) is 6.49. The summed E-state index contributed by atoms with van der Waals surface area (Å²) < 4.78 is 6.08. The van der Waals surface area contributed by atoms with Crippen molar-refractivity contribution in [2.75, 3.05) is 31.3 Å². The Morgan fingerprint density at radius 3 is 2.51 bits per heavy atom. The summed E-state index contributed by atoms with van der Waals surface area (Å²) in [5.41, 5.74) is 1.85. The van der Waals surface area contributed by atoms with E-state index in [0.717, 1.165) is 10.9 Å². The number of carbonyl (C=O) groups excluding carboxylic acids is 2. The molecule has 8 heteroatoms. The second kappa shape index (κ2) is 11.0. The molecule has 0 radical (unpaired) electrons. The summed E-state index contributed by atoms with van der Waals surface area (Å²) in [5.74, 6) is 1.16. The molecule has 0 saturated heterocycles. The average molecular weight is 468 g/mol. The maximum atomic E-state index is 12.4. The van der Waals surface area contributed by atoms with Gasteiger partial charge >= 0.3 is 0 Å². The van der Waals surface area contributed by atoms with E-state index in [1.165, 1.54) is 6.08 Å². The molecular weight excluding hydrogens is 442 g/mol. The van der Waals surface area contributed by atoms with Crippen molar-refractivity contribution >= 4 is 34.2 Å².